The lowest BCUT2D eigenvalue weighted by atomic mass is 10.2. The zero-order chi connectivity index (χ0) is 10.7. The zero-order valence-corrected chi connectivity index (χ0v) is 7.25. The molecule has 0 saturated heterocycles. The third-order valence-corrected chi connectivity index (χ3v) is 1.48. The monoisotopic (exact) mass is 203 g/mol. The number of halogens is 2. The number of pyridine rings is 1. The molecule has 0 saturated carbocycles. The molecule has 1 N–H and O–H groups in total. The van der Waals surface area contributed by atoms with Crippen LogP contribution in [0.15, 0.2) is 6.07 Å². The van der Waals surface area contributed by atoms with E-state index in [2.05, 4.69) is 9.72 Å². The Labute approximate surface area is 78.1 Å². The Morgan fingerprint density at radius 3 is 2.71 bits per heavy atom. The predicted molar refractivity (Wildman–Crippen MR) is 42.0 cm³/mol. The molecule has 1 aromatic heterocycles. The summed E-state index contributed by atoms with van der Waals surface area (Å²) in [6.45, 7) is 0. The Hall–Kier alpha value is -1.72. The van der Waals surface area contributed by atoms with Crippen LogP contribution in [-0.2, 0) is 11.2 Å². The van der Waals surface area contributed by atoms with E-state index in [1.165, 1.54) is 0 Å². The maximum atomic E-state index is 12.9. The molecule has 6 heteroatoms. The van der Waals surface area contributed by atoms with E-state index in [9.17, 15) is 13.6 Å². The molecule has 1 aromatic rings. The smallest absolute Gasteiger partial charge is 0.309 e. The molecular formula is C8H7F2NO3. The van der Waals surface area contributed by atoms with Gasteiger partial charge in [-0.1, -0.05) is 0 Å². The second-order valence-corrected chi connectivity index (χ2v) is 2.48. The first kappa shape index (κ1) is 10.4. The van der Waals surface area contributed by atoms with E-state index < -0.39 is 29.9 Å². The minimum Gasteiger partial charge on any atom is -0.481 e. The molecular weight excluding hydrogens is 196 g/mol. The van der Waals surface area contributed by atoms with Crippen LogP contribution in [0.5, 0.6) is 5.88 Å². The molecule has 0 aliphatic rings. The van der Waals surface area contributed by atoms with E-state index in [1.54, 1.807) is 0 Å². The lowest BCUT2D eigenvalue weighted by molar-refractivity contribution is -0.136. The van der Waals surface area contributed by atoms with E-state index >= 15 is 0 Å². The number of hydrogen-bond donors (Lipinski definition) is 1. The molecule has 0 radical (unpaired) electrons. The fraction of sp³-hybridized carbons (Fsp3) is 0.250. The first-order valence-electron chi connectivity index (χ1n) is 3.65. The van der Waals surface area contributed by atoms with Crippen LogP contribution < -0.4 is 4.74 Å². The van der Waals surface area contributed by atoms with Crippen molar-refractivity contribution in [2.24, 2.45) is 0 Å². The van der Waals surface area contributed by atoms with Crippen LogP contribution in [0.1, 0.15) is 5.69 Å². The third-order valence-electron chi connectivity index (χ3n) is 1.48. The Balaban J connectivity index is 3.10. The first-order valence-corrected chi connectivity index (χ1v) is 3.65. The van der Waals surface area contributed by atoms with E-state index in [0.29, 0.717) is 6.07 Å². The maximum absolute atomic E-state index is 12.9. The van der Waals surface area contributed by atoms with E-state index in [1.807, 2.05) is 0 Å². The topological polar surface area (TPSA) is 59.4 Å². The molecule has 0 fully saturated rings. The number of ether oxygens (including phenoxy) is 1. The quantitative estimate of drug-likeness (QED) is 0.795. The number of aromatic nitrogens is 1. The molecule has 0 unspecified atom stereocenters. The van der Waals surface area contributed by atoms with Gasteiger partial charge in [-0.15, -0.1) is 0 Å². The molecule has 0 atom stereocenters. The first-order chi connectivity index (χ1) is 6.54. The van der Waals surface area contributed by atoms with Gasteiger partial charge in [0.25, 0.3) is 5.88 Å². The van der Waals surface area contributed by atoms with E-state index in [-0.39, 0.29) is 5.69 Å². The van der Waals surface area contributed by atoms with Gasteiger partial charge in [0.15, 0.2) is 5.82 Å². The minimum absolute atomic E-state index is 0.351. The van der Waals surface area contributed by atoms with Crippen LogP contribution in [0.4, 0.5) is 8.78 Å². The highest BCUT2D eigenvalue weighted by Gasteiger charge is 2.14. The predicted octanol–water partition coefficient (Wildman–Crippen LogP) is 0.995. The maximum Gasteiger partial charge on any atom is 0.309 e. The summed E-state index contributed by atoms with van der Waals surface area (Å²) in [6, 6.07) is 0.546. The number of methoxy groups -OCH3 is 1. The van der Waals surface area contributed by atoms with E-state index in [4.69, 9.17) is 5.11 Å². The van der Waals surface area contributed by atoms with Crippen LogP contribution in [0.2, 0.25) is 0 Å². The average molecular weight is 203 g/mol. The van der Waals surface area contributed by atoms with Gasteiger partial charge in [0.1, 0.15) is 5.82 Å². The van der Waals surface area contributed by atoms with Crippen LogP contribution in [0.25, 0.3) is 0 Å². The van der Waals surface area contributed by atoms with Crippen LogP contribution in [-0.4, -0.2) is 23.2 Å². The van der Waals surface area contributed by atoms with Gasteiger partial charge >= 0.3 is 5.97 Å². The van der Waals surface area contributed by atoms with Crippen LogP contribution in [0.3, 0.4) is 0 Å². The van der Waals surface area contributed by atoms with Crippen molar-refractivity contribution in [3.8, 4) is 5.88 Å². The second-order valence-electron chi connectivity index (χ2n) is 2.48. The molecule has 0 bridgehead atoms. The Morgan fingerprint density at radius 2 is 2.21 bits per heavy atom. The number of nitrogens with zero attached hydrogens (tertiary/aromatic N) is 1. The van der Waals surface area contributed by atoms with Gasteiger partial charge in [-0.3, -0.25) is 4.79 Å². The summed E-state index contributed by atoms with van der Waals surface area (Å²) >= 11 is 0. The van der Waals surface area contributed by atoms with Crippen molar-refractivity contribution in [3.63, 3.8) is 0 Å². The van der Waals surface area contributed by atoms with Gasteiger partial charge in [-0.2, -0.15) is 0 Å². The minimum atomic E-state index is -1.25. The Kier molecular flexibility index (Phi) is 2.95. The SMILES string of the molecule is COc1nc(CC(=O)O)c(F)cc1F. The number of hydrogen-bond acceptors (Lipinski definition) is 3. The summed E-state index contributed by atoms with van der Waals surface area (Å²) in [4.78, 5) is 13.6. The average Bonchev–Trinajstić information content (AvgIpc) is 2.09. The largest absolute Gasteiger partial charge is 0.481 e. The van der Waals surface area contributed by atoms with Gasteiger partial charge in [0, 0.05) is 6.07 Å². The summed E-state index contributed by atoms with van der Waals surface area (Å²) in [5.41, 5.74) is -0.351. The van der Waals surface area contributed by atoms with Gasteiger partial charge < -0.3 is 9.84 Å². The molecule has 4 nitrogen and oxygen atoms in total. The fourth-order valence-electron chi connectivity index (χ4n) is 0.896. The lowest BCUT2D eigenvalue weighted by Crippen LogP contribution is -2.07. The summed E-state index contributed by atoms with van der Waals surface area (Å²) in [5, 5.41) is 8.38. The molecule has 1 heterocycles. The highest BCUT2D eigenvalue weighted by Crippen LogP contribution is 2.17. The normalized spacial score (nSPS) is 9.93. The molecule has 0 aliphatic carbocycles. The van der Waals surface area contributed by atoms with Crippen molar-refractivity contribution >= 4 is 5.97 Å². The summed E-state index contributed by atoms with van der Waals surface area (Å²) < 4.78 is 30.2. The molecule has 14 heavy (non-hydrogen) atoms. The number of carboxylic acids is 1. The molecule has 1 rings (SSSR count). The standard InChI is InChI=1S/C8H7F2NO3/c1-14-8-5(10)2-4(9)6(11-8)3-7(12)13/h2H,3H2,1H3,(H,12,13). The highest BCUT2D eigenvalue weighted by molar-refractivity contribution is 5.69. The van der Waals surface area contributed by atoms with Crippen LogP contribution in [0, 0.1) is 11.6 Å². The number of aliphatic carboxylic acids is 1. The molecule has 0 aliphatic heterocycles. The van der Waals surface area contributed by atoms with Gasteiger partial charge in [0.2, 0.25) is 0 Å². The Morgan fingerprint density at radius 1 is 1.57 bits per heavy atom. The number of carboxylic acid groups (broad SMARTS) is 1. The lowest BCUT2D eigenvalue weighted by Gasteiger charge is -2.03. The Bertz CT molecular complexity index is 368. The fourth-order valence-corrected chi connectivity index (χ4v) is 0.896. The van der Waals surface area contributed by atoms with Gasteiger partial charge in [-0.25, -0.2) is 13.8 Å². The molecule has 0 amide bonds. The highest BCUT2D eigenvalue weighted by atomic mass is 19.1. The number of rotatable bonds is 3. The van der Waals surface area contributed by atoms with Crippen molar-refractivity contribution in [2.75, 3.05) is 7.11 Å². The van der Waals surface area contributed by atoms with Crippen molar-refractivity contribution < 1.29 is 23.4 Å². The van der Waals surface area contributed by atoms with Gasteiger partial charge in [0.05, 0.1) is 19.2 Å². The molecule has 76 valence electrons. The summed E-state index contributed by atoms with van der Waals surface area (Å²) in [7, 11) is 1.16. The third kappa shape index (κ3) is 2.15. The van der Waals surface area contributed by atoms with Gasteiger partial charge in [-0.05, 0) is 0 Å². The molecule has 0 spiro atoms. The summed E-state index contributed by atoms with van der Waals surface area (Å²) in [6.07, 6.45) is -0.609. The summed E-state index contributed by atoms with van der Waals surface area (Å²) in [5.74, 6) is -3.61. The van der Waals surface area contributed by atoms with Crippen molar-refractivity contribution in [3.05, 3.63) is 23.4 Å². The van der Waals surface area contributed by atoms with Crippen molar-refractivity contribution in [1.29, 1.82) is 0 Å². The van der Waals surface area contributed by atoms with Crippen LogP contribution >= 0.6 is 0 Å². The molecule has 0 aromatic carbocycles. The van der Waals surface area contributed by atoms with Crippen molar-refractivity contribution in [1.82, 2.24) is 4.98 Å². The second kappa shape index (κ2) is 3.99. The van der Waals surface area contributed by atoms with Crippen molar-refractivity contribution in [2.45, 2.75) is 6.42 Å². The number of carbonyl (C=O) groups is 1. The zero-order valence-electron chi connectivity index (χ0n) is 7.25. The van der Waals surface area contributed by atoms with E-state index in [0.717, 1.165) is 7.11 Å².